The van der Waals surface area contributed by atoms with Crippen molar-refractivity contribution in [2.24, 2.45) is 15.4 Å². The number of halogens is 1. The molecule has 4 aromatic rings. The zero-order valence-corrected chi connectivity index (χ0v) is 19.3. The average molecular weight is 470 g/mol. The summed E-state index contributed by atoms with van der Waals surface area (Å²) in [4.78, 5) is 5.02. The lowest BCUT2D eigenvalue weighted by Gasteiger charge is -2.30. The molecule has 0 radical (unpaired) electrons. The first kappa shape index (κ1) is 20.4. The summed E-state index contributed by atoms with van der Waals surface area (Å²) < 4.78 is 7.22. The van der Waals surface area contributed by atoms with Crippen LogP contribution >= 0.6 is 11.6 Å². The molecule has 1 aromatic heterocycles. The largest absolute Gasteiger partial charge is 0.497 e. The van der Waals surface area contributed by atoms with Gasteiger partial charge in [0, 0.05) is 10.6 Å². The molecule has 0 amide bonds. The van der Waals surface area contributed by atoms with Gasteiger partial charge in [0.15, 0.2) is 5.82 Å². The molecule has 0 aliphatic carbocycles. The van der Waals surface area contributed by atoms with Crippen LogP contribution in [0.1, 0.15) is 22.9 Å². The Bertz CT molecular complexity index is 1410. The fourth-order valence-electron chi connectivity index (χ4n) is 4.29. The minimum atomic E-state index is -0.257. The molecule has 9 heteroatoms. The van der Waals surface area contributed by atoms with Crippen LogP contribution in [-0.2, 0) is 0 Å². The molecule has 168 valence electrons. The van der Waals surface area contributed by atoms with Crippen LogP contribution < -0.4 is 9.75 Å². The third kappa shape index (κ3) is 3.22. The van der Waals surface area contributed by atoms with E-state index in [1.54, 1.807) is 12.1 Å². The van der Waals surface area contributed by atoms with Crippen molar-refractivity contribution in [3.63, 3.8) is 0 Å². The number of aromatic nitrogens is 2. The van der Waals surface area contributed by atoms with Gasteiger partial charge < -0.3 is 4.74 Å². The van der Waals surface area contributed by atoms with Crippen molar-refractivity contribution in [2.45, 2.75) is 13.0 Å². The van der Waals surface area contributed by atoms with Gasteiger partial charge in [-0.05, 0) is 71.5 Å². The van der Waals surface area contributed by atoms with Crippen LogP contribution in [0.5, 0.6) is 5.75 Å². The first-order valence-corrected chi connectivity index (χ1v) is 11.2. The summed E-state index contributed by atoms with van der Waals surface area (Å²) in [6.07, 6.45) is 0. The fourth-order valence-corrected chi connectivity index (χ4v) is 4.42. The van der Waals surface area contributed by atoms with Crippen molar-refractivity contribution in [1.29, 1.82) is 0 Å². The van der Waals surface area contributed by atoms with Crippen LogP contribution in [0.4, 0.5) is 11.5 Å². The van der Waals surface area contributed by atoms with E-state index < -0.39 is 0 Å². The Hall–Kier alpha value is -4.17. The summed E-state index contributed by atoms with van der Waals surface area (Å²) in [7, 11) is 1.66. The molecule has 6 rings (SSSR count). The molecule has 0 N–H and O–H groups in total. The molecule has 0 saturated carbocycles. The number of guanidine groups is 1. The van der Waals surface area contributed by atoms with E-state index in [1.165, 1.54) is 0 Å². The third-order valence-electron chi connectivity index (χ3n) is 5.93. The minimum absolute atomic E-state index is 0.257. The summed E-state index contributed by atoms with van der Waals surface area (Å²) in [5.74, 6) is 2.13. The van der Waals surface area contributed by atoms with Gasteiger partial charge in [-0.3, -0.25) is 0 Å². The second-order valence-corrected chi connectivity index (χ2v) is 8.41. The number of ether oxygens (including phenoxy) is 1. The molecular weight excluding hydrogens is 450 g/mol. The van der Waals surface area contributed by atoms with Crippen molar-refractivity contribution in [1.82, 2.24) is 14.8 Å². The highest BCUT2D eigenvalue weighted by molar-refractivity contribution is 6.30. The molecule has 0 unspecified atom stereocenters. The zero-order chi connectivity index (χ0) is 23.2. The van der Waals surface area contributed by atoms with Gasteiger partial charge >= 0.3 is 0 Å². The number of nitrogens with zero attached hydrogens (tertiary/aromatic N) is 7. The Kier molecular flexibility index (Phi) is 4.81. The van der Waals surface area contributed by atoms with E-state index in [4.69, 9.17) is 26.4 Å². The quantitative estimate of drug-likeness (QED) is 0.365. The number of para-hydroxylation sites is 1. The van der Waals surface area contributed by atoms with Crippen molar-refractivity contribution in [2.75, 3.05) is 12.1 Å². The van der Waals surface area contributed by atoms with Gasteiger partial charge in [0.25, 0.3) is 5.96 Å². The van der Waals surface area contributed by atoms with Crippen molar-refractivity contribution < 1.29 is 4.74 Å². The Morgan fingerprint density at radius 2 is 1.59 bits per heavy atom. The predicted octanol–water partition coefficient (Wildman–Crippen LogP) is 6.04. The molecule has 0 fully saturated rings. The molecular formula is C25H20ClN7O. The number of benzene rings is 3. The number of hydrogen-bond donors (Lipinski definition) is 0. The van der Waals surface area contributed by atoms with Crippen LogP contribution in [0.2, 0.25) is 5.02 Å². The Balaban J connectivity index is 1.55. The Morgan fingerprint density at radius 1 is 0.853 bits per heavy atom. The number of fused-ring (bicyclic) bond motifs is 2. The lowest BCUT2D eigenvalue weighted by Crippen LogP contribution is -2.38. The van der Waals surface area contributed by atoms with Gasteiger partial charge in [0.2, 0.25) is 0 Å². The van der Waals surface area contributed by atoms with Gasteiger partial charge in [-0.1, -0.05) is 41.9 Å². The van der Waals surface area contributed by atoms with Crippen LogP contribution in [0.15, 0.2) is 94.3 Å². The molecule has 0 spiro atoms. The summed E-state index contributed by atoms with van der Waals surface area (Å²) in [6.45, 7) is 1.99. The van der Waals surface area contributed by atoms with Gasteiger partial charge in [-0.25, -0.2) is 4.68 Å². The van der Waals surface area contributed by atoms with E-state index in [9.17, 15) is 0 Å². The molecule has 34 heavy (non-hydrogen) atoms. The van der Waals surface area contributed by atoms with Crippen molar-refractivity contribution in [3.8, 4) is 11.4 Å². The second-order valence-electron chi connectivity index (χ2n) is 7.97. The molecule has 0 saturated heterocycles. The van der Waals surface area contributed by atoms with E-state index in [2.05, 4.69) is 10.4 Å². The van der Waals surface area contributed by atoms with Crippen LogP contribution in [0, 0.1) is 6.92 Å². The maximum atomic E-state index is 6.13. The lowest BCUT2D eigenvalue weighted by atomic mass is 9.96. The average Bonchev–Trinajstić information content (AvgIpc) is 3.45. The molecule has 0 bridgehead atoms. The van der Waals surface area contributed by atoms with Crippen molar-refractivity contribution in [3.05, 3.63) is 101 Å². The standard InChI is InChI=1S/C25H20ClN7O/c1-16-22-23(17-8-14-21(34-2)15-9-17)33-25(32(29-30-33)19-6-4-3-5-7-19)27-24(22)31(28-16)20-12-10-18(26)11-13-20/h3-15,23H,1-2H3/t23-/m1/s1. The SMILES string of the molecule is COc1ccc([C@@H]2c3c(C)nn(-c4ccc(Cl)cc4)c3N=C3N(c4ccccc4)N=NN32)cc1. The monoisotopic (exact) mass is 469 g/mol. The summed E-state index contributed by atoms with van der Waals surface area (Å²) in [6, 6.07) is 25.1. The van der Waals surface area contributed by atoms with Gasteiger partial charge in [-0.15, -0.1) is 0 Å². The summed E-state index contributed by atoms with van der Waals surface area (Å²) in [5, 5.41) is 18.1. The second kappa shape index (κ2) is 8.00. The van der Waals surface area contributed by atoms with Gasteiger partial charge in [0.05, 0.1) is 24.2 Å². The first-order valence-electron chi connectivity index (χ1n) is 10.8. The number of anilines is 1. The molecule has 3 aromatic carbocycles. The van der Waals surface area contributed by atoms with E-state index in [-0.39, 0.29) is 6.04 Å². The number of aryl methyl sites for hydroxylation is 1. The zero-order valence-electron chi connectivity index (χ0n) is 18.5. The molecule has 2 aliphatic heterocycles. The van der Waals surface area contributed by atoms with Crippen LogP contribution in [-0.4, -0.2) is 27.9 Å². The topological polar surface area (TPSA) is 70.6 Å². The Morgan fingerprint density at radius 3 is 2.29 bits per heavy atom. The number of rotatable bonds is 4. The van der Waals surface area contributed by atoms with E-state index >= 15 is 0 Å². The smallest absolute Gasteiger partial charge is 0.253 e. The van der Waals surface area contributed by atoms with Crippen LogP contribution in [0.25, 0.3) is 5.69 Å². The molecule has 3 heterocycles. The molecule has 1 atom stereocenters. The minimum Gasteiger partial charge on any atom is -0.497 e. The van der Waals surface area contributed by atoms with E-state index in [1.807, 2.05) is 95.5 Å². The number of hydrogen-bond acceptors (Lipinski definition) is 7. The highest BCUT2D eigenvalue weighted by atomic mass is 35.5. The fraction of sp³-hybridized carbons (Fsp3) is 0.120. The summed E-state index contributed by atoms with van der Waals surface area (Å²) >= 11 is 6.13. The van der Waals surface area contributed by atoms with Gasteiger partial charge in [0.1, 0.15) is 11.8 Å². The molecule has 2 aliphatic rings. The number of aliphatic imine (C=N–C) groups is 1. The number of methoxy groups -OCH3 is 1. The van der Waals surface area contributed by atoms with Gasteiger partial charge in [-0.2, -0.15) is 20.1 Å². The normalized spacial score (nSPS) is 16.3. The maximum Gasteiger partial charge on any atom is 0.253 e. The maximum absolute atomic E-state index is 6.13. The highest BCUT2D eigenvalue weighted by Gasteiger charge is 2.42. The predicted molar refractivity (Wildman–Crippen MR) is 131 cm³/mol. The first-order chi connectivity index (χ1) is 16.6. The highest BCUT2D eigenvalue weighted by Crippen LogP contribution is 2.45. The lowest BCUT2D eigenvalue weighted by molar-refractivity contribution is 0.364. The Labute approximate surface area is 201 Å². The van der Waals surface area contributed by atoms with E-state index in [0.717, 1.165) is 39.8 Å². The molecule has 8 nitrogen and oxygen atoms in total. The van der Waals surface area contributed by atoms with Crippen molar-refractivity contribution >= 4 is 29.1 Å². The van der Waals surface area contributed by atoms with E-state index in [0.29, 0.717) is 11.0 Å². The summed E-state index contributed by atoms with van der Waals surface area (Å²) in [5.41, 5.74) is 4.61. The van der Waals surface area contributed by atoms with Crippen LogP contribution in [0.3, 0.4) is 0 Å². The third-order valence-corrected chi connectivity index (χ3v) is 6.18.